The molecule has 3 rings (SSSR count). The van der Waals surface area contributed by atoms with Gasteiger partial charge < -0.3 is 14.3 Å². The normalized spacial score (nSPS) is 11.6. The number of ether oxygens (including phenoxy) is 1. The smallest absolute Gasteiger partial charge is 0.373 e. The van der Waals surface area contributed by atoms with Gasteiger partial charge in [0.05, 0.1) is 17.3 Å². The molecule has 1 aromatic carbocycles. The van der Waals surface area contributed by atoms with Crippen LogP contribution in [0, 0.1) is 0 Å². The van der Waals surface area contributed by atoms with Crippen molar-refractivity contribution < 1.29 is 23.8 Å². The molecular formula is C18H15NO5S. The molecule has 3 aromatic rings. The van der Waals surface area contributed by atoms with Crippen LogP contribution < -0.4 is 0 Å². The second-order valence-electron chi connectivity index (χ2n) is 5.24. The third kappa shape index (κ3) is 3.95. The molecule has 0 fully saturated rings. The molecule has 0 aliphatic heterocycles. The quantitative estimate of drug-likeness (QED) is 0.669. The Morgan fingerprint density at radius 3 is 2.76 bits per heavy atom. The van der Waals surface area contributed by atoms with E-state index in [4.69, 9.17) is 9.52 Å². The number of carboxylic acid groups (broad SMARTS) is 1. The van der Waals surface area contributed by atoms with E-state index >= 15 is 0 Å². The van der Waals surface area contributed by atoms with E-state index in [0.717, 1.165) is 20.8 Å². The van der Waals surface area contributed by atoms with Gasteiger partial charge in [0.1, 0.15) is 10.8 Å². The minimum absolute atomic E-state index is 0.0215. The second kappa shape index (κ2) is 7.31. The summed E-state index contributed by atoms with van der Waals surface area (Å²) in [6.45, 7) is 0. The molecule has 0 aliphatic carbocycles. The van der Waals surface area contributed by atoms with Gasteiger partial charge in [0.2, 0.25) is 5.76 Å². The summed E-state index contributed by atoms with van der Waals surface area (Å²) < 4.78 is 11.1. The van der Waals surface area contributed by atoms with Gasteiger partial charge in [-0.2, -0.15) is 0 Å². The Hall–Kier alpha value is -2.93. The number of allylic oxidation sites excluding steroid dienone is 1. The van der Waals surface area contributed by atoms with Crippen molar-refractivity contribution in [1.29, 1.82) is 0 Å². The number of hydrogen-bond donors (Lipinski definition) is 1. The number of thiazole rings is 1. The molecule has 0 saturated carbocycles. The summed E-state index contributed by atoms with van der Waals surface area (Å²) in [5, 5.41) is 9.73. The molecule has 128 valence electrons. The largest absolute Gasteiger partial charge is 0.481 e. The van der Waals surface area contributed by atoms with Gasteiger partial charge in [0, 0.05) is 6.42 Å². The van der Waals surface area contributed by atoms with E-state index in [1.54, 1.807) is 12.1 Å². The number of para-hydroxylation sites is 1. The number of hydrogen-bond acceptors (Lipinski definition) is 6. The van der Waals surface area contributed by atoms with Crippen LogP contribution >= 0.6 is 11.3 Å². The third-order valence-electron chi connectivity index (χ3n) is 3.51. The molecule has 0 atom stereocenters. The van der Waals surface area contributed by atoms with Crippen molar-refractivity contribution in [2.45, 2.75) is 12.8 Å². The van der Waals surface area contributed by atoms with E-state index in [9.17, 15) is 9.59 Å². The van der Waals surface area contributed by atoms with Gasteiger partial charge in [0.15, 0.2) is 0 Å². The first kappa shape index (κ1) is 16.9. The Morgan fingerprint density at radius 1 is 1.24 bits per heavy atom. The molecule has 1 N–H and O–H groups in total. The monoisotopic (exact) mass is 357 g/mol. The zero-order chi connectivity index (χ0) is 17.8. The van der Waals surface area contributed by atoms with Crippen LogP contribution in [0.4, 0.5) is 0 Å². The Bertz CT molecular complexity index is 920. The molecule has 6 nitrogen and oxygen atoms in total. The van der Waals surface area contributed by atoms with E-state index in [1.807, 2.05) is 24.3 Å². The second-order valence-corrected chi connectivity index (χ2v) is 6.27. The molecule has 0 aliphatic rings. The topological polar surface area (TPSA) is 89.6 Å². The number of fused-ring (bicyclic) bond motifs is 1. The van der Waals surface area contributed by atoms with Crippen LogP contribution in [0.15, 0.2) is 40.8 Å². The fraction of sp³-hybridized carbons (Fsp3) is 0.167. The van der Waals surface area contributed by atoms with Crippen molar-refractivity contribution in [2.24, 2.45) is 0 Å². The van der Waals surface area contributed by atoms with Crippen LogP contribution in [0.5, 0.6) is 0 Å². The maximum Gasteiger partial charge on any atom is 0.373 e. The van der Waals surface area contributed by atoms with Crippen molar-refractivity contribution in [3.63, 3.8) is 0 Å². The highest BCUT2D eigenvalue weighted by molar-refractivity contribution is 7.19. The lowest BCUT2D eigenvalue weighted by Gasteiger charge is -2.01. The number of aliphatic carboxylic acids is 1. The first-order valence-corrected chi connectivity index (χ1v) is 8.35. The first-order valence-electron chi connectivity index (χ1n) is 7.53. The number of carbonyl (C=O) groups excluding carboxylic acids is 1. The average Bonchev–Trinajstić information content (AvgIpc) is 3.24. The highest BCUT2D eigenvalue weighted by atomic mass is 32.1. The minimum atomic E-state index is -0.887. The number of rotatable bonds is 6. The number of nitrogens with zero attached hydrogens (tertiary/aromatic N) is 1. The van der Waals surface area contributed by atoms with E-state index in [-0.39, 0.29) is 12.2 Å². The van der Waals surface area contributed by atoms with Crippen LogP contribution in [0.25, 0.3) is 21.9 Å². The van der Waals surface area contributed by atoms with Crippen molar-refractivity contribution in [2.75, 3.05) is 7.11 Å². The van der Waals surface area contributed by atoms with Crippen LogP contribution in [-0.2, 0) is 9.53 Å². The lowest BCUT2D eigenvalue weighted by molar-refractivity contribution is -0.136. The van der Waals surface area contributed by atoms with E-state index in [0.29, 0.717) is 12.2 Å². The number of aromatic nitrogens is 1. The fourth-order valence-corrected chi connectivity index (χ4v) is 3.31. The number of benzene rings is 1. The van der Waals surface area contributed by atoms with Gasteiger partial charge >= 0.3 is 11.9 Å². The van der Waals surface area contributed by atoms with Crippen LogP contribution in [0.3, 0.4) is 0 Å². The van der Waals surface area contributed by atoms with Crippen molar-refractivity contribution in [3.8, 4) is 0 Å². The number of carboxylic acids is 1. The summed E-state index contributed by atoms with van der Waals surface area (Å²) in [5.74, 6) is -0.913. The lowest BCUT2D eigenvalue weighted by Crippen LogP contribution is -1.98. The maximum atomic E-state index is 11.5. The van der Waals surface area contributed by atoms with Gasteiger partial charge in [-0.1, -0.05) is 12.1 Å². The Balaban J connectivity index is 1.97. The zero-order valence-electron chi connectivity index (χ0n) is 13.4. The Morgan fingerprint density at radius 2 is 2.04 bits per heavy atom. The summed E-state index contributed by atoms with van der Waals surface area (Å²) in [5.41, 5.74) is 1.60. The third-order valence-corrected chi connectivity index (χ3v) is 4.62. The molecule has 0 amide bonds. The molecule has 0 spiro atoms. The van der Waals surface area contributed by atoms with Crippen LogP contribution in [0.1, 0.15) is 34.2 Å². The summed E-state index contributed by atoms with van der Waals surface area (Å²) in [7, 11) is 1.28. The average molecular weight is 357 g/mol. The molecule has 2 aromatic heterocycles. The van der Waals surface area contributed by atoms with Gasteiger partial charge in [-0.25, -0.2) is 9.78 Å². The predicted molar refractivity (Wildman–Crippen MR) is 94.4 cm³/mol. The molecule has 0 unspecified atom stereocenters. The van der Waals surface area contributed by atoms with E-state index in [2.05, 4.69) is 9.72 Å². The number of methoxy groups -OCH3 is 1. The number of carbonyl (C=O) groups is 2. The van der Waals surface area contributed by atoms with Gasteiger partial charge in [-0.3, -0.25) is 4.79 Å². The van der Waals surface area contributed by atoms with E-state index in [1.165, 1.54) is 24.5 Å². The summed E-state index contributed by atoms with van der Waals surface area (Å²) in [6.07, 6.45) is 2.00. The van der Waals surface area contributed by atoms with Crippen LogP contribution in [-0.4, -0.2) is 29.1 Å². The summed E-state index contributed by atoms with van der Waals surface area (Å²) in [4.78, 5) is 27.0. The maximum absolute atomic E-state index is 11.5. The molecule has 0 radical (unpaired) electrons. The van der Waals surface area contributed by atoms with Gasteiger partial charge in [0.25, 0.3) is 0 Å². The fourth-order valence-electron chi connectivity index (χ4n) is 2.30. The molecule has 0 saturated heterocycles. The molecule has 2 heterocycles. The predicted octanol–water partition coefficient (Wildman–Crippen LogP) is 4.08. The number of esters is 1. The van der Waals surface area contributed by atoms with Crippen molar-refractivity contribution in [3.05, 3.63) is 52.9 Å². The van der Waals surface area contributed by atoms with Crippen molar-refractivity contribution >= 4 is 45.1 Å². The summed E-state index contributed by atoms with van der Waals surface area (Å²) >= 11 is 1.49. The number of furan rings is 1. The van der Waals surface area contributed by atoms with Gasteiger partial charge in [-0.05, 0) is 42.3 Å². The highest BCUT2D eigenvalue weighted by Crippen LogP contribution is 2.31. The van der Waals surface area contributed by atoms with E-state index < -0.39 is 11.9 Å². The van der Waals surface area contributed by atoms with Crippen LogP contribution in [0.2, 0.25) is 0 Å². The molecule has 7 heteroatoms. The molecule has 25 heavy (non-hydrogen) atoms. The van der Waals surface area contributed by atoms with Crippen molar-refractivity contribution in [1.82, 2.24) is 4.98 Å². The zero-order valence-corrected chi connectivity index (χ0v) is 14.2. The Labute approximate surface area is 147 Å². The lowest BCUT2D eigenvalue weighted by atomic mass is 10.1. The standard InChI is InChI=1S/C18H15NO5S/c1-23-18(22)14-8-7-12(24-14)10-11(6-9-16(20)21)17-19-13-4-2-3-5-15(13)25-17/h2-5,7-8,10H,6,9H2,1H3,(H,20,21)/b11-10+. The SMILES string of the molecule is COC(=O)c1ccc(/C=C(\CCC(=O)O)c2nc3ccccc3s2)o1. The molecular weight excluding hydrogens is 342 g/mol. The Kier molecular flexibility index (Phi) is 4.95. The van der Waals surface area contributed by atoms with Gasteiger partial charge in [-0.15, -0.1) is 11.3 Å². The summed E-state index contributed by atoms with van der Waals surface area (Å²) in [6, 6.07) is 10.9. The minimum Gasteiger partial charge on any atom is -0.481 e. The molecule has 0 bridgehead atoms. The first-order chi connectivity index (χ1) is 12.1. The highest BCUT2D eigenvalue weighted by Gasteiger charge is 2.14.